The molecule has 0 bridgehead atoms. The van der Waals surface area contributed by atoms with Gasteiger partial charge in [-0.2, -0.15) is 0 Å². The number of nitrogens with one attached hydrogen (secondary N) is 2. The maximum Gasteiger partial charge on any atom is 0.255 e. The molecule has 0 aliphatic heterocycles. The van der Waals surface area contributed by atoms with E-state index in [1.165, 1.54) is 0 Å². The van der Waals surface area contributed by atoms with Crippen molar-refractivity contribution in [3.8, 4) is 0 Å². The summed E-state index contributed by atoms with van der Waals surface area (Å²) in [7, 11) is 0. The predicted octanol–water partition coefficient (Wildman–Crippen LogP) is 4.42. The first-order valence-corrected chi connectivity index (χ1v) is 8.77. The van der Waals surface area contributed by atoms with Crippen molar-refractivity contribution in [2.24, 2.45) is 0 Å². The first-order chi connectivity index (χ1) is 12.6. The lowest BCUT2D eigenvalue weighted by Gasteiger charge is -2.21. The number of aromatic nitrogens is 1. The molecule has 4 nitrogen and oxygen atoms in total. The summed E-state index contributed by atoms with van der Waals surface area (Å²) >= 11 is 0. The molecule has 26 heavy (non-hydrogen) atoms. The molecule has 4 heteroatoms. The minimum atomic E-state index is -0.225. The van der Waals surface area contributed by atoms with Gasteiger partial charge < -0.3 is 10.6 Å². The Bertz CT molecular complexity index is 808. The van der Waals surface area contributed by atoms with Crippen molar-refractivity contribution in [1.82, 2.24) is 10.3 Å². The number of anilines is 1. The van der Waals surface area contributed by atoms with Gasteiger partial charge in [-0.05, 0) is 37.1 Å². The van der Waals surface area contributed by atoms with Gasteiger partial charge in [-0.1, -0.05) is 60.7 Å². The van der Waals surface area contributed by atoms with E-state index in [0.29, 0.717) is 11.4 Å². The van der Waals surface area contributed by atoms with Crippen LogP contribution >= 0.6 is 0 Å². The zero-order valence-corrected chi connectivity index (χ0v) is 15.0. The van der Waals surface area contributed by atoms with Gasteiger partial charge in [0, 0.05) is 12.2 Å². The van der Waals surface area contributed by atoms with Crippen molar-refractivity contribution in [3.63, 3.8) is 0 Å². The van der Waals surface area contributed by atoms with Crippen LogP contribution in [0.4, 0.5) is 5.82 Å². The summed E-state index contributed by atoms with van der Waals surface area (Å²) in [5.74, 6) is 0.443. The predicted molar refractivity (Wildman–Crippen MR) is 105 cm³/mol. The highest BCUT2D eigenvalue weighted by Crippen LogP contribution is 2.23. The van der Waals surface area contributed by atoms with E-state index in [1.54, 1.807) is 18.3 Å². The molecular weight excluding hydrogens is 322 g/mol. The highest BCUT2D eigenvalue weighted by molar-refractivity contribution is 5.99. The monoisotopic (exact) mass is 345 g/mol. The molecular formula is C22H23N3O. The minimum absolute atomic E-state index is 0.154. The number of hydrogen-bond donors (Lipinski definition) is 2. The Kier molecular flexibility index (Phi) is 5.64. The molecule has 2 N–H and O–H groups in total. The molecule has 0 radical (unpaired) electrons. The molecule has 0 fully saturated rings. The Balaban J connectivity index is 1.92. The van der Waals surface area contributed by atoms with Crippen molar-refractivity contribution in [3.05, 3.63) is 95.7 Å². The van der Waals surface area contributed by atoms with Gasteiger partial charge in [-0.3, -0.25) is 4.79 Å². The molecule has 0 spiro atoms. The zero-order valence-electron chi connectivity index (χ0n) is 15.0. The molecule has 1 aromatic heterocycles. The molecule has 1 heterocycles. The van der Waals surface area contributed by atoms with E-state index in [2.05, 4.69) is 15.6 Å². The SMILES string of the molecule is CC(C)Nc1ncccc1C(=O)NC(c1ccccc1)c1ccccc1. The number of pyridine rings is 1. The van der Waals surface area contributed by atoms with Crippen molar-refractivity contribution in [1.29, 1.82) is 0 Å². The number of carbonyl (C=O) groups is 1. The van der Waals surface area contributed by atoms with Crippen LogP contribution in [-0.2, 0) is 0 Å². The van der Waals surface area contributed by atoms with Crippen LogP contribution in [-0.4, -0.2) is 16.9 Å². The molecule has 0 unspecified atom stereocenters. The number of amides is 1. The molecule has 0 saturated carbocycles. The van der Waals surface area contributed by atoms with Crippen molar-refractivity contribution in [2.45, 2.75) is 25.9 Å². The summed E-state index contributed by atoms with van der Waals surface area (Å²) in [5, 5.41) is 6.40. The summed E-state index contributed by atoms with van der Waals surface area (Å²) < 4.78 is 0. The summed E-state index contributed by atoms with van der Waals surface area (Å²) in [6.45, 7) is 4.04. The van der Waals surface area contributed by atoms with E-state index < -0.39 is 0 Å². The van der Waals surface area contributed by atoms with Gasteiger partial charge in [0.25, 0.3) is 5.91 Å². The lowest BCUT2D eigenvalue weighted by molar-refractivity contribution is 0.0943. The second kappa shape index (κ2) is 8.30. The van der Waals surface area contributed by atoms with Crippen molar-refractivity contribution < 1.29 is 4.79 Å². The first kappa shape index (κ1) is 17.7. The minimum Gasteiger partial charge on any atom is -0.367 e. The quantitative estimate of drug-likeness (QED) is 0.695. The Hall–Kier alpha value is -3.14. The van der Waals surface area contributed by atoms with Gasteiger partial charge in [0.05, 0.1) is 11.6 Å². The van der Waals surface area contributed by atoms with Crippen LogP contribution in [0.1, 0.15) is 41.4 Å². The van der Waals surface area contributed by atoms with E-state index in [4.69, 9.17) is 0 Å². The smallest absolute Gasteiger partial charge is 0.255 e. The lowest BCUT2D eigenvalue weighted by Crippen LogP contribution is -2.30. The van der Waals surface area contributed by atoms with Crippen LogP contribution in [0.15, 0.2) is 79.0 Å². The fourth-order valence-electron chi connectivity index (χ4n) is 2.84. The zero-order chi connectivity index (χ0) is 18.4. The van der Waals surface area contributed by atoms with Gasteiger partial charge >= 0.3 is 0 Å². The maximum atomic E-state index is 13.0. The molecule has 3 aromatic rings. The highest BCUT2D eigenvalue weighted by atomic mass is 16.1. The van der Waals surface area contributed by atoms with Crippen molar-refractivity contribution >= 4 is 11.7 Å². The summed E-state index contributed by atoms with van der Waals surface area (Å²) in [5.41, 5.74) is 2.61. The van der Waals surface area contributed by atoms with E-state index in [-0.39, 0.29) is 18.0 Å². The van der Waals surface area contributed by atoms with Crippen LogP contribution in [0.2, 0.25) is 0 Å². The van der Waals surface area contributed by atoms with Crippen LogP contribution in [0, 0.1) is 0 Å². The number of rotatable bonds is 6. The topological polar surface area (TPSA) is 54.0 Å². The maximum absolute atomic E-state index is 13.0. The van der Waals surface area contributed by atoms with Gasteiger partial charge in [0.15, 0.2) is 0 Å². The van der Waals surface area contributed by atoms with Gasteiger partial charge in [-0.15, -0.1) is 0 Å². The van der Waals surface area contributed by atoms with Gasteiger partial charge in [-0.25, -0.2) is 4.98 Å². The Morgan fingerprint density at radius 3 is 1.96 bits per heavy atom. The fourth-order valence-corrected chi connectivity index (χ4v) is 2.84. The second-order valence-corrected chi connectivity index (χ2v) is 6.43. The molecule has 3 rings (SSSR count). The number of carbonyl (C=O) groups excluding carboxylic acids is 1. The lowest BCUT2D eigenvalue weighted by atomic mass is 9.98. The van der Waals surface area contributed by atoms with E-state index in [9.17, 15) is 4.79 Å². The van der Waals surface area contributed by atoms with E-state index in [1.807, 2.05) is 74.5 Å². The average Bonchev–Trinajstić information content (AvgIpc) is 2.67. The largest absolute Gasteiger partial charge is 0.367 e. The summed E-state index contributed by atoms with van der Waals surface area (Å²) in [4.78, 5) is 17.3. The average molecular weight is 345 g/mol. The molecule has 0 aliphatic carbocycles. The number of nitrogens with zero attached hydrogens (tertiary/aromatic N) is 1. The van der Waals surface area contributed by atoms with Gasteiger partial charge in [0.2, 0.25) is 0 Å². The van der Waals surface area contributed by atoms with Crippen molar-refractivity contribution in [2.75, 3.05) is 5.32 Å². The number of benzene rings is 2. The summed E-state index contributed by atoms with van der Waals surface area (Å²) in [6, 6.07) is 23.5. The molecule has 2 aromatic carbocycles. The number of hydrogen-bond acceptors (Lipinski definition) is 3. The first-order valence-electron chi connectivity index (χ1n) is 8.77. The van der Waals surface area contributed by atoms with E-state index in [0.717, 1.165) is 11.1 Å². The fraction of sp³-hybridized carbons (Fsp3) is 0.182. The second-order valence-electron chi connectivity index (χ2n) is 6.43. The molecule has 0 saturated heterocycles. The normalized spacial score (nSPS) is 10.8. The third-order valence-electron chi connectivity index (χ3n) is 4.02. The molecule has 1 amide bonds. The Labute approximate surface area is 154 Å². The third kappa shape index (κ3) is 4.28. The highest BCUT2D eigenvalue weighted by Gasteiger charge is 2.20. The van der Waals surface area contributed by atoms with Crippen LogP contribution in [0.3, 0.4) is 0 Å². The van der Waals surface area contributed by atoms with Crippen LogP contribution < -0.4 is 10.6 Å². The molecule has 0 atom stereocenters. The Morgan fingerprint density at radius 2 is 1.42 bits per heavy atom. The summed E-state index contributed by atoms with van der Waals surface area (Å²) in [6.07, 6.45) is 1.69. The molecule has 0 aliphatic rings. The molecule has 132 valence electrons. The van der Waals surface area contributed by atoms with Gasteiger partial charge in [0.1, 0.15) is 5.82 Å². The van der Waals surface area contributed by atoms with Crippen LogP contribution in [0.5, 0.6) is 0 Å². The third-order valence-corrected chi connectivity index (χ3v) is 4.02. The Morgan fingerprint density at radius 1 is 0.846 bits per heavy atom. The van der Waals surface area contributed by atoms with Crippen LogP contribution in [0.25, 0.3) is 0 Å². The van der Waals surface area contributed by atoms with E-state index >= 15 is 0 Å². The standard InChI is InChI=1S/C22H23N3O/c1-16(2)24-21-19(14-9-15-23-21)22(26)25-20(17-10-5-3-6-11-17)18-12-7-4-8-13-18/h3-16,20H,1-2H3,(H,23,24)(H,25,26).